The Balaban J connectivity index is 1.20. The summed E-state index contributed by atoms with van der Waals surface area (Å²) in [5, 5.41) is 4.53. The van der Waals surface area contributed by atoms with Gasteiger partial charge in [0.05, 0.1) is 11.4 Å². The molecule has 2 heterocycles. The molecular formula is C47H33NO. The minimum absolute atomic E-state index is 0.719. The molecule has 9 rings (SSSR count). The molecule has 0 amide bonds. The van der Waals surface area contributed by atoms with Crippen LogP contribution >= 0.6 is 0 Å². The van der Waals surface area contributed by atoms with E-state index in [1.54, 1.807) is 0 Å². The van der Waals surface area contributed by atoms with E-state index in [9.17, 15) is 0 Å². The molecule has 7 aromatic carbocycles. The quantitative estimate of drug-likeness (QED) is 0.186. The topological polar surface area (TPSA) is 25.5 Å². The van der Waals surface area contributed by atoms with Crippen LogP contribution in [-0.2, 0) is 0 Å². The van der Waals surface area contributed by atoms with Crippen LogP contribution in [0.3, 0.4) is 0 Å². The van der Waals surface area contributed by atoms with Crippen molar-refractivity contribution < 1.29 is 4.42 Å². The highest BCUT2D eigenvalue weighted by atomic mass is 16.3. The predicted octanol–water partition coefficient (Wildman–Crippen LogP) is 12.8. The summed E-state index contributed by atoms with van der Waals surface area (Å²) >= 11 is 0. The maximum Gasteiger partial charge on any atom is 0.143 e. The Morgan fingerprint density at radius 2 is 1.08 bits per heavy atom. The van der Waals surface area contributed by atoms with Crippen molar-refractivity contribution in [1.29, 1.82) is 0 Å². The van der Waals surface area contributed by atoms with Crippen molar-refractivity contribution >= 4 is 49.7 Å². The van der Waals surface area contributed by atoms with Gasteiger partial charge in [0, 0.05) is 33.7 Å². The SMILES string of the molecule is CC1=C(c2ccc(-c3ccccc3)cc2)C=C(c2ccc(-c3ccccc3)cc2)N=C(c2cccc3oc4c5ccccc5ccc4c23)C1. The minimum atomic E-state index is 0.719. The third kappa shape index (κ3) is 5.28. The predicted molar refractivity (Wildman–Crippen MR) is 207 cm³/mol. The maximum atomic E-state index is 6.58. The summed E-state index contributed by atoms with van der Waals surface area (Å²) < 4.78 is 6.58. The van der Waals surface area contributed by atoms with Gasteiger partial charge in [-0.25, -0.2) is 0 Å². The molecule has 0 bridgehead atoms. The molecule has 1 aliphatic rings. The van der Waals surface area contributed by atoms with E-state index < -0.39 is 0 Å². The van der Waals surface area contributed by atoms with Gasteiger partial charge in [0.25, 0.3) is 0 Å². The van der Waals surface area contributed by atoms with Crippen LogP contribution in [0.25, 0.3) is 66.2 Å². The normalized spacial score (nSPS) is 13.5. The van der Waals surface area contributed by atoms with Gasteiger partial charge in [-0.2, -0.15) is 0 Å². The fraction of sp³-hybridized carbons (Fsp3) is 0.0426. The Bertz CT molecular complexity index is 2580. The van der Waals surface area contributed by atoms with Crippen LogP contribution in [0.1, 0.15) is 30.0 Å². The molecule has 1 aromatic heterocycles. The van der Waals surface area contributed by atoms with E-state index in [4.69, 9.17) is 9.41 Å². The molecule has 2 nitrogen and oxygen atoms in total. The Morgan fingerprint density at radius 3 is 1.78 bits per heavy atom. The number of hydrogen-bond donors (Lipinski definition) is 0. The smallest absolute Gasteiger partial charge is 0.143 e. The van der Waals surface area contributed by atoms with Gasteiger partial charge >= 0.3 is 0 Å². The standard InChI is InChI=1S/C47H33NO/c1-31-29-44(40-17-10-18-45-46(40)41-28-27-36-15-8-9-16-39(36)47(41)49-45)48-43(38-25-21-35(22-26-38)33-13-6-3-7-14-33)30-42(31)37-23-19-34(20-24-37)32-11-4-2-5-12-32/h2-28,30H,29H2,1H3. The molecule has 2 heteroatoms. The Kier molecular flexibility index (Phi) is 7.13. The number of rotatable bonds is 5. The molecule has 0 saturated carbocycles. The lowest BCUT2D eigenvalue weighted by atomic mass is 9.92. The van der Waals surface area contributed by atoms with Crippen LogP contribution in [0.4, 0.5) is 0 Å². The highest BCUT2D eigenvalue weighted by molar-refractivity contribution is 6.23. The summed E-state index contributed by atoms with van der Waals surface area (Å²) in [6.45, 7) is 2.25. The zero-order chi connectivity index (χ0) is 32.7. The van der Waals surface area contributed by atoms with Crippen LogP contribution in [0, 0.1) is 0 Å². The highest BCUT2D eigenvalue weighted by Crippen LogP contribution is 2.39. The number of fused-ring (bicyclic) bond motifs is 5. The monoisotopic (exact) mass is 627 g/mol. The first-order chi connectivity index (χ1) is 24.2. The minimum Gasteiger partial charge on any atom is -0.455 e. The van der Waals surface area contributed by atoms with Crippen molar-refractivity contribution in [3.05, 3.63) is 192 Å². The maximum absolute atomic E-state index is 6.58. The van der Waals surface area contributed by atoms with E-state index >= 15 is 0 Å². The van der Waals surface area contributed by atoms with Crippen LogP contribution < -0.4 is 0 Å². The van der Waals surface area contributed by atoms with Crippen molar-refractivity contribution in [1.82, 2.24) is 0 Å². The second kappa shape index (κ2) is 12.1. The lowest BCUT2D eigenvalue weighted by molar-refractivity contribution is 0.672. The van der Waals surface area contributed by atoms with Gasteiger partial charge in [0.1, 0.15) is 11.2 Å². The Labute approximate surface area is 286 Å². The van der Waals surface area contributed by atoms with Crippen LogP contribution in [0.15, 0.2) is 185 Å². The summed E-state index contributed by atoms with van der Waals surface area (Å²) in [5.74, 6) is 0. The van der Waals surface area contributed by atoms with Gasteiger partial charge in [-0.1, -0.05) is 157 Å². The first-order valence-electron chi connectivity index (χ1n) is 16.8. The van der Waals surface area contributed by atoms with E-state index in [1.807, 2.05) is 0 Å². The molecule has 0 atom stereocenters. The molecule has 0 unspecified atom stereocenters. The molecule has 8 aromatic rings. The number of furan rings is 1. The molecule has 0 radical (unpaired) electrons. The van der Waals surface area contributed by atoms with Crippen LogP contribution in [0.5, 0.6) is 0 Å². The van der Waals surface area contributed by atoms with Gasteiger partial charge in [0.2, 0.25) is 0 Å². The summed E-state index contributed by atoms with van der Waals surface area (Å²) in [6.07, 6.45) is 3.00. The average molecular weight is 628 g/mol. The zero-order valence-electron chi connectivity index (χ0n) is 27.2. The van der Waals surface area contributed by atoms with Gasteiger partial charge in [-0.3, -0.25) is 4.99 Å². The Morgan fingerprint density at radius 1 is 0.490 bits per heavy atom. The summed E-state index contributed by atoms with van der Waals surface area (Å²) in [5.41, 5.74) is 14.5. The number of allylic oxidation sites excluding steroid dienone is 3. The molecular weight excluding hydrogens is 595 g/mol. The van der Waals surface area contributed by atoms with Crippen molar-refractivity contribution in [3.8, 4) is 22.3 Å². The second-order valence-electron chi connectivity index (χ2n) is 12.8. The molecule has 0 N–H and O–H groups in total. The number of hydrogen-bond acceptors (Lipinski definition) is 2. The van der Waals surface area contributed by atoms with Gasteiger partial charge < -0.3 is 4.42 Å². The fourth-order valence-corrected chi connectivity index (χ4v) is 7.19. The Hall–Kier alpha value is -6.25. The lowest BCUT2D eigenvalue weighted by Gasteiger charge is -2.11. The van der Waals surface area contributed by atoms with Gasteiger partial charge in [0.15, 0.2) is 0 Å². The molecule has 0 fully saturated rings. The number of aliphatic imine (C=N–C) groups is 1. The molecule has 0 saturated heterocycles. The van der Waals surface area contributed by atoms with E-state index in [0.717, 1.165) is 56.3 Å². The van der Waals surface area contributed by atoms with E-state index in [1.165, 1.54) is 44.3 Å². The summed E-state index contributed by atoms with van der Waals surface area (Å²) in [4.78, 5) is 5.50. The zero-order valence-corrected chi connectivity index (χ0v) is 27.2. The lowest BCUT2D eigenvalue weighted by Crippen LogP contribution is -2.03. The van der Waals surface area contributed by atoms with Gasteiger partial charge in [-0.15, -0.1) is 0 Å². The van der Waals surface area contributed by atoms with Crippen molar-refractivity contribution in [3.63, 3.8) is 0 Å². The largest absolute Gasteiger partial charge is 0.455 e. The van der Waals surface area contributed by atoms with Crippen molar-refractivity contribution in [2.24, 2.45) is 4.99 Å². The van der Waals surface area contributed by atoms with E-state index in [0.29, 0.717) is 0 Å². The molecule has 1 aliphatic heterocycles. The van der Waals surface area contributed by atoms with Crippen molar-refractivity contribution in [2.45, 2.75) is 13.3 Å². The third-order valence-electron chi connectivity index (χ3n) is 9.72. The third-order valence-corrected chi connectivity index (χ3v) is 9.72. The first kappa shape index (κ1) is 28.9. The van der Waals surface area contributed by atoms with Crippen LogP contribution in [-0.4, -0.2) is 5.71 Å². The van der Waals surface area contributed by atoms with Gasteiger partial charge in [-0.05, 0) is 63.9 Å². The number of nitrogens with zero attached hydrogens (tertiary/aromatic N) is 1. The number of benzene rings is 7. The molecule has 0 aliphatic carbocycles. The van der Waals surface area contributed by atoms with Crippen LogP contribution in [0.2, 0.25) is 0 Å². The molecule has 49 heavy (non-hydrogen) atoms. The van der Waals surface area contributed by atoms with E-state index in [-0.39, 0.29) is 0 Å². The average Bonchev–Trinajstić information content (AvgIpc) is 3.47. The van der Waals surface area contributed by atoms with Crippen molar-refractivity contribution in [2.75, 3.05) is 0 Å². The fourth-order valence-electron chi connectivity index (χ4n) is 7.19. The first-order valence-corrected chi connectivity index (χ1v) is 16.8. The summed E-state index contributed by atoms with van der Waals surface area (Å²) in [7, 11) is 0. The second-order valence-corrected chi connectivity index (χ2v) is 12.8. The molecule has 232 valence electrons. The summed E-state index contributed by atoms with van der Waals surface area (Å²) in [6, 6.07) is 58.0. The van der Waals surface area contributed by atoms with E-state index in [2.05, 4.69) is 177 Å². The highest BCUT2D eigenvalue weighted by Gasteiger charge is 2.21. The molecule has 0 spiro atoms.